The summed E-state index contributed by atoms with van der Waals surface area (Å²) in [6.07, 6.45) is 0. The lowest BCUT2D eigenvalue weighted by atomic mass is 10.0. The molecule has 1 aromatic carbocycles. The van der Waals surface area contributed by atoms with Crippen molar-refractivity contribution in [2.24, 2.45) is 0 Å². The van der Waals surface area contributed by atoms with Gasteiger partial charge in [0.25, 0.3) is 0 Å². The molecule has 1 aromatic rings. The number of rotatable bonds is 2. The van der Waals surface area contributed by atoms with Crippen LogP contribution in [0, 0.1) is 0 Å². The van der Waals surface area contributed by atoms with Gasteiger partial charge in [-0.05, 0) is 17.7 Å². The first kappa shape index (κ1) is 8.59. The quantitative estimate of drug-likeness (QED) is 0.683. The van der Waals surface area contributed by atoms with Crippen LogP contribution in [0.4, 0.5) is 0 Å². The van der Waals surface area contributed by atoms with Crippen molar-refractivity contribution in [2.75, 3.05) is 0 Å². The maximum Gasteiger partial charge on any atom is 0.115 e. The van der Waals surface area contributed by atoms with Crippen molar-refractivity contribution in [3.8, 4) is 5.75 Å². The Morgan fingerprint density at radius 2 is 2.25 bits per heavy atom. The van der Waals surface area contributed by atoms with E-state index in [0.29, 0.717) is 5.56 Å². The van der Waals surface area contributed by atoms with Crippen molar-refractivity contribution >= 4 is 5.97 Å². The van der Waals surface area contributed by atoms with Crippen molar-refractivity contribution in [3.63, 3.8) is 0 Å². The molecule has 0 aliphatic heterocycles. The average molecular weight is 165 g/mol. The highest BCUT2D eigenvalue weighted by molar-refractivity contribution is 5.73. The maximum absolute atomic E-state index is 10.4. The molecule has 0 spiro atoms. The zero-order valence-corrected chi connectivity index (χ0v) is 6.65. The fraction of sp³-hybridized carbons (Fsp3) is 0.222. The van der Waals surface area contributed by atoms with Crippen molar-refractivity contribution in [1.82, 2.24) is 0 Å². The van der Waals surface area contributed by atoms with Crippen molar-refractivity contribution in [3.05, 3.63) is 29.8 Å². The smallest absolute Gasteiger partial charge is 0.115 e. The molecule has 0 amide bonds. The van der Waals surface area contributed by atoms with E-state index in [9.17, 15) is 9.90 Å². The summed E-state index contributed by atoms with van der Waals surface area (Å²) < 4.78 is 0. The zero-order chi connectivity index (χ0) is 9.14. The third-order valence-corrected chi connectivity index (χ3v) is 1.72. The van der Waals surface area contributed by atoms with Crippen LogP contribution in [0.15, 0.2) is 24.3 Å². The number of carboxylic acids is 1. The normalized spacial score (nSPS) is 12.4. The van der Waals surface area contributed by atoms with E-state index in [2.05, 4.69) is 0 Å². The second-order valence-corrected chi connectivity index (χ2v) is 2.64. The van der Waals surface area contributed by atoms with Crippen LogP contribution in [0.1, 0.15) is 18.4 Å². The summed E-state index contributed by atoms with van der Waals surface area (Å²) in [5, 5.41) is 19.4. The molecule has 1 N–H and O–H groups in total. The van der Waals surface area contributed by atoms with E-state index < -0.39 is 11.9 Å². The number of aliphatic carboxylic acids is 1. The number of carboxylic acid groups (broad SMARTS) is 1. The van der Waals surface area contributed by atoms with Crippen molar-refractivity contribution in [1.29, 1.82) is 0 Å². The van der Waals surface area contributed by atoms with E-state index in [-0.39, 0.29) is 5.75 Å². The Morgan fingerprint density at radius 1 is 1.58 bits per heavy atom. The fourth-order valence-corrected chi connectivity index (χ4v) is 0.930. The van der Waals surface area contributed by atoms with Crippen molar-refractivity contribution in [2.45, 2.75) is 12.8 Å². The number of hydrogen-bond acceptors (Lipinski definition) is 3. The van der Waals surface area contributed by atoms with Crippen LogP contribution in [0.25, 0.3) is 0 Å². The van der Waals surface area contributed by atoms with Gasteiger partial charge in [0.05, 0.1) is 0 Å². The number of phenolic OH excluding ortho intramolecular Hbond substituents is 1. The van der Waals surface area contributed by atoms with E-state index in [1.54, 1.807) is 12.1 Å². The lowest BCUT2D eigenvalue weighted by molar-refractivity contribution is -0.307. The molecule has 0 saturated heterocycles. The van der Waals surface area contributed by atoms with E-state index in [4.69, 9.17) is 5.11 Å². The molecular formula is C9H9O3-. The van der Waals surface area contributed by atoms with Gasteiger partial charge < -0.3 is 15.0 Å². The van der Waals surface area contributed by atoms with Crippen LogP contribution in [0.3, 0.4) is 0 Å². The SMILES string of the molecule is CC(C(=O)[O-])c1cccc(O)c1. The Balaban J connectivity index is 2.95. The molecule has 0 bridgehead atoms. The number of carbonyl (C=O) groups excluding carboxylic acids is 1. The second-order valence-electron chi connectivity index (χ2n) is 2.64. The summed E-state index contributed by atoms with van der Waals surface area (Å²) in [6, 6.07) is 6.15. The van der Waals surface area contributed by atoms with E-state index in [1.807, 2.05) is 0 Å². The predicted molar refractivity (Wildman–Crippen MR) is 41.5 cm³/mol. The van der Waals surface area contributed by atoms with Crippen LogP contribution >= 0.6 is 0 Å². The number of hydrogen-bond donors (Lipinski definition) is 1. The van der Waals surface area contributed by atoms with E-state index in [1.165, 1.54) is 19.1 Å². The Morgan fingerprint density at radius 3 is 2.75 bits per heavy atom. The number of carbonyl (C=O) groups is 1. The summed E-state index contributed by atoms with van der Waals surface area (Å²) in [6.45, 7) is 1.52. The summed E-state index contributed by atoms with van der Waals surface area (Å²) in [4.78, 5) is 10.4. The number of benzene rings is 1. The lowest BCUT2D eigenvalue weighted by Gasteiger charge is -2.12. The van der Waals surface area contributed by atoms with Crippen LogP contribution in [0.2, 0.25) is 0 Å². The Hall–Kier alpha value is -1.51. The molecule has 1 atom stereocenters. The molecular weight excluding hydrogens is 156 g/mol. The van der Waals surface area contributed by atoms with Gasteiger partial charge in [0.1, 0.15) is 5.75 Å². The van der Waals surface area contributed by atoms with Gasteiger partial charge >= 0.3 is 0 Å². The van der Waals surface area contributed by atoms with Crippen LogP contribution < -0.4 is 5.11 Å². The highest BCUT2D eigenvalue weighted by Gasteiger charge is 2.05. The topological polar surface area (TPSA) is 60.4 Å². The molecule has 0 fully saturated rings. The third kappa shape index (κ3) is 1.75. The molecule has 0 radical (unpaired) electrons. The van der Waals surface area contributed by atoms with Gasteiger partial charge in [-0.1, -0.05) is 19.1 Å². The molecule has 3 heteroatoms. The predicted octanol–water partition coefficient (Wildman–Crippen LogP) is 0.246. The maximum atomic E-state index is 10.4. The summed E-state index contributed by atoms with van der Waals surface area (Å²) in [5.41, 5.74) is 0.551. The standard InChI is InChI=1S/C9H10O3/c1-6(9(11)12)7-3-2-4-8(10)5-7/h2-6,10H,1H3,(H,11,12)/p-1. The van der Waals surface area contributed by atoms with Gasteiger partial charge in [-0.15, -0.1) is 0 Å². The highest BCUT2D eigenvalue weighted by atomic mass is 16.4. The van der Waals surface area contributed by atoms with E-state index in [0.717, 1.165) is 0 Å². The molecule has 0 saturated carbocycles. The molecule has 0 heterocycles. The average Bonchev–Trinajstić information content (AvgIpc) is 2.03. The second kappa shape index (κ2) is 3.26. The molecule has 0 aromatic heterocycles. The summed E-state index contributed by atoms with van der Waals surface area (Å²) in [7, 11) is 0. The van der Waals surface area contributed by atoms with Gasteiger partial charge in [-0.2, -0.15) is 0 Å². The van der Waals surface area contributed by atoms with Crippen LogP contribution in [-0.2, 0) is 4.79 Å². The zero-order valence-electron chi connectivity index (χ0n) is 6.65. The van der Waals surface area contributed by atoms with Gasteiger partial charge in [0.15, 0.2) is 0 Å². The first-order chi connectivity index (χ1) is 5.61. The van der Waals surface area contributed by atoms with Gasteiger partial charge in [0, 0.05) is 11.9 Å². The van der Waals surface area contributed by atoms with Crippen LogP contribution in [0.5, 0.6) is 5.75 Å². The largest absolute Gasteiger partial charge is 0.550 e. The van der Waals surface area contributed by atoms with Crippen molar-refractivity contribution < 1.29 is 15.0 Å². The first-order valence-electron chi connectivity index (χ1n) is 3.61. The molecule has 0 aliphatic carbocycles. The van der Waals surface area contributed by atoms with Gasteiger partial charge in [-0.3, -0.25) is 0 Å². The molecule has 0 aliphatic rings. The Kier molecular flexibility index (Phi) is 2.33. The highest BCUT2D eigenvalue weighted by Crippen LogP contribution is 2.18. The number of aromatic hydroxyl groups is 1. The Labute approximate surface area is 70.3 Å². The lowest BCUT2D eigenvalue weighted by Crippen LogP contribution is -2.27. The molecule has 1 unspecified atom stereocenters. The monoisotopic (exact) mass is 165 g/mol. The Bertz CT molecular complexity index is 294. The molecule has 1 rings (SSSR count). The van der Waals surface area contributed by atoms with E-state index >= 15 is 0 Å². The van der Waals surface area contributed by atoms with Gasteiger partial charge in [-0.25, -0.2) is 0 Å². The molecule has 3 nitrogen and oxygen atoms in total. The summed E-state index contributed by atoms with van der Waals surface area (Å²) in [5.74, 6) is -1.75. The first-order valence-corrected chi connectivity index (χ1v) is 3.61. The minimum atomic E-state index is -1.14. The third-order valence-electron chi connectivity index (χ3n) is 1.72. The minimum Gasteiger partial charge on any atom is -0.550 e. The number of phenols is 1. The van der Waals surface area contributed by atoms with Gasteiger partial charge in [0.2, 0.25) is 0 Å². The fourth-order valence-electron chi connectivity index (χ4n) is 0.930. The molecule has 64 valence electrons. The summed E-state index contributed by atoms with van der Waals surface area (Å²) >= 11 is 0. The molecule has 12 heavy (non-hydrogen) atoms. The minimum absolute atomic E-state index is 0.0700. The van der Waals surface area contributed by atoms with Crippen LogP contribution in [-0.4, -0.2) is 11.1 Å².